The van der Waals surface area contributed by atoms with Gasteiger partial charge in [-0.15, -0.1) is 0 Å². The van der Waals surface area contributed by atoms with Crippen LogP contribution in [0.1, 0.15) is 132 Å². The maximum Gasteiger partial charge on any atom is 1.00 e. The molecule has 4 saturated heterocycles. The van der Waals surface area contributed by atoms with Crippen molar-refractivity contribution in [3.8, 4) is 0 Å². The van der Waals surface area contributed by atoms with Crippen molar-refractivity contribution in [2.45, 2.75) is 180 Å². The number of rotatable bonds is 6. The van der Waals surface area contributed by atoms with E-state index in [1.165, 1.54) is 12.8 Å². The molecule has 0 bridgehead atoms. The minimum atomic E-state index is -0.538. The largest absolute Gasteiger partial charge is 1.00 e. The van der Waals surface area contributed by atoms with Crippen molar-refractivity contribution in [2.75, 3.05) is 32.8 Å². The number of benzene rings is 3. The van der Waals surface area contributed by atoms with Crippen LogP contribution in [0.15, 0.2) is 72.8 Å². The van der Waals surface area contributed by atoms with Gasteiger partial charge in [-0.2, -0.15) is 0 Å². The number of ether oxygens (including phenoxy) is 4. The van der Waals surface area contributed by atoms with Gasteiger partial charge in [0, 0.05) is 87.3 Å². The Kier molecular flexibility index (Phi) is 28.3. The minimum Gasteiger partial charge on any atom is -1.00 e. The van der Waals surface area contributed by atoms with Gasteiger partial charge in [-0.05, 0) is 173 Å². The Hall–Kier alpha value is -3.05. The normalized spacial score (nSPS) is 21.0. The fourth-order valence-corrected chi connectivity index (χ4v) is 8.78. The number of hydrogen-bond acceptors (Lipinski definition) is 10. The van der Waals surface area contributed by atoms with E-state index in [4.69, 9.17) is 53.8 Å². The maximum absolute atomic E-state index is 12.4. The summed E-state index contributed by atoms with van der Waals surface area (Å²) < 4.78 is 21.4. The van der Waals surface area contributed by atoms with Gasteiger partial charge in [0.05, 0.1) is 12.2 Å². The summed E-state index contributed by atoms with van der Waals surface area (Å²) in [6, 6.07) is 22.4. The van der Waals surface area contributed by atoms with Crippen LogP contribution in [0.3, 0.4) is 0 Å². The average Bonchev–Trinajstić information content (AvgIpc) is 3.86. The van der Waals surface area contributed by atoms with Gasteiger partial charge >= 0.3 is 47.8 Å². The Morgan fingerprint density at radius 2 is 0.863 bits per heavy atom. The van der Waals surface area contributed by atoms with Crippen molar-refractivity contribution in [1.82, 2.24) is 14.7 Å². The SMILES string of the molecule is C1CCOC1.CC(C)(C)OC(=O)N1CCC(=O)CC1Cc1ccc(Cl)cc1.CC(C)(C)OC(=O)N1CC[C@@H](O)CC1Cc1ccc(Cl)cc1.CC(C)(C)OC(=O)N1CC[C@H](O)CC1Cc1ccc(Cl)cc1.[B].[H-].[Na+]. The Morgan fingerprint density at radius 1 is 0.562 bits per heavy atom. The minimum absolute atomic E-state index is 0. The second-order valence-electron chi connectivity index (χ2n) is 21.6. The van der Waals surface area contributed by atoms with Crippen LogP contribution in [0.4, 0.5) is 14.4 Å². The molecule has 399 valence electrons. The van der Waals surface area contributed by atoms with Crippen LogP contribution in [0, 0.1) is 0 Å². The van der Waals surface area contributed by atoms with Crippen molar-refractivity contribution in [3.05, 3.63) is 105 Å². The molecule has 3 aromatic rings. The number of ketones is 1. The first kappa shape index (κ1) is 66.1. The zero-order chi connectivity index (χ0) is 52.5. The molecule has 0 spiro atoms. The van der Waals surface area contributed by atoms with Gasteiger partial charge in [-0.25, -0.2) is 14.4 Å². The summed E-state index contributed by atoms with van der Waals surface area (Å²) in [5.41, 5.74) is 1.67. The molecule has 4 heterocycles. The summed E-state index contributed by atoms with van der Waals surface area (Å²) in [6.45, 7) is 20.1. The fraction of sp³-hybridized carbons (Fsp3) is 0.600. The Labute approximate surface area is 475 Å². The van der Waals surface area contributed by atoms with Crippen LogP contribution < -0.4 is 29.6 Å². The van der Waals surface area contributed by atoms with Gasteiger partial charge < -0.3 is 45.3 Å². The number of halogens is 3. The van der Waals surface area contributed by atoms with E-state index in [0.29, 0.717) is 92.5 Å². The molecule has 3 amide bonds. The van der Waals surface area contributed by atoms with Gasteiger partial charge in [-0.3, -0.25) is 4.79 Å². The first-order valence-electron chi connectivity index (χ1n) is 24.9. The quantitative estimate of drug-likeness (QED) is 0.181. The zero-order valence-corrected chi connectivity index (χ0v) is 49.1. The first-order chi connectivity index (χ1) is 33.2. The molecule has 13 nitrogen and oxygen atoms in total. The maximum atomic E-state index is 12.4. The summed E-state index contributed by atoms with van der Waals surface area (Å²) >= 11 is 17.7. The second-order valence-corrected chi connectivity index (χ2v) is 23.0. The van der Waals surface area contributed by atoms with Gasteiger partial charge in [0.25, 0.3) is 0 Å². The molecule has 0 saturated carbocycles. The molecular formula is C55H79BCl3N3NaO10. The molecule has 4 fully saturated rings. The molecule has 4 aliphatic heterocycles. The average molecular weight is 1080 g/mol. The van der Waals surface area contributed by atoms with Crippen molar-refractivity contribution in [2.24, 2.45) is 0 Å². The smallest absolute Gasteiger partial charge is 1.00 e. The molecular weight excluding hydrogens is 1000 g/mol. The van der Waals surface area contributed by atoms with Gasteiger partial charge in [-0.1, -0.05) is 71.2 Å². The molecule has 0 aromatic heterocycles. The van der Waals surface area contributed by atoms with E-state index in [2.05, 4.69) is 0 Å². The van der Waals surface area contributed by atoms with Crippen LogP contribution in [-0.2, 0) is 43.0 Å². The van der Waals surface area contributed by atoms with Crippen LogP contribution in [0.2, 0.25) is 15.1 Å². The number of likely N-dealkylation sites (tertiary alicyclic amines) is 3. The summed E-state index contributed by atoms with van der Waals surface area (Å²) in [5, 5.41) is 21.9. The van der Waals surface area contributed by atoms with Crippen LogP contribution in [0.25, 0.3) is 0 Å². The van der Waals surface area contributed by atoms with E-state index in [-0.39, 0.29) is 93.8 Å². The van der Waals surface area contributed by atoms with E-state index < -0.39 is 16.8 Å². The summed E-state index contributed by atoms with van der Waals surface area (Å²) in [6.07, 6.45) is 5.97. The number of hydrogen-bond donors (Lipinski definition) is 2. The predicted octanol–water partition coefficient (Wildman–Crippen LogP) is 8.67. The molecule has 7 rings (SSSR count). The topological polar surface area (TPSA) is 155 Å². The summed E-state index contributed by atoms with van der Waals surface area (Å²) in [7, 11) is 0. The van der Waals surface area contributed by atoms with Crippen LogP contribution in [-0.4, -0.2) is 137 Å². The monoisotopic (exact) mass is 1080 g/mol. The molecule has 3 radical (unpaired) electrons. The van der Waals surface area contributed by atoms with Gasteiger partial charge in [0.1, 0.15) is 22.6 Å². The Bertz CT molecular complexity index is 2040. The van der Waals surface area contributed by atoms with Crippen LogP contribution >= 0.6 is 34.8 Å². The number of piperidine rings is 3. The Morgan fingerprint density at radius 3 is 1.15 bits per heavy atom. The number of carbonyl (C=O) groups is 4. The van der Waals surface area contributed by atoms with E-state index in [9.17, 15) is 29.4 Å². The zero-order valence-electron chi connectivity index (χ0n) is 45.8. The second kappa shape index (κ2) is 31.2. The number of nitrogens with zero attached hydrogens (tertiary/aromatic N) is 3. The third kappa shape index (κ3) is 25.6. The first-order valence-corrected chi connectivity index (χ1v) is 26.0. The van der Waals surface area contributed by atoms with E-state index in [0.717, 1.165) is 29.9 Å². The third-order valence-electron chi connectivity index (χ3n) is 11.8. The van der Waals surface area contributed by atoms with Crippen LogP contribution in [0.5, 0.6) is 0 Å². The number of aliphatic hydroxyl groups is 2. The molecule has 5 atom stereocenters. The fourth-order valence-electron chi connectivity index (χ4n) is 8.40. The summed E-state index contributed by atoms with van der Waals surface area (Å²) in [5.74, 6) is 0.193. The number of amides is 3. The molecule has 3 aromatic carbocycles. The van der Waals surface area contributed by atoms with E-state index in [1.54, 1.807) is 14.7 Å². The molecule has 18 heteroatoms. The van der Waals surface area contributed by atoms with Crippen molar-refractivity contribution in [1.29, 1.82) is 0 Å². The number of Topliss-reactive ketones (excluding diaryl/α,β-unsaturated/α-hetero) is 1. The molecule has 0 aliphatic carbocycles. The van der Waals surface area contributed by atoms with Crippen molar-refractivity contribution >= 4 is 67.3 Å². The van der Waals surface area contributed by atoms with E-state index >= 15 is 0 Å². The van der Waals surface area contributed by atoms with Gasteiger partial charge in [0.2, 0.25) is 0 Å². The van der Waals surface area contributed by atoms with Crippen molar-refractivity contribution < 1.29 is 79.3 Å². The van der Waals surface area contributed by atoms with Crippen molar-refractivity contribution in [3.63, 3.8) is 0 Å². The summed E-state index contributed by atoms with van der Waals surface area (Å²) in [4.78, 5) is 54.0. The predicted molar refractivity (Wildman–Crippen MR) is 287 cm³/mol. The molecule has 4 aliphatic rings. The Balaban J connectivity index is 0.000000518. The molecule has 2 N–H and O–H groups in total. The van der Waals surface area contributed by atoms with E-state index in [1.807, 2.05) is 135 Å². The van der Waals surface area contributed by atoms with Gasteiger partial charge in [0.15, 0.2) is 0 Å². The molecule has 73 heavy (non-hydrogen) atoms. The number of carbonyl (C=O) groups excluding carboxylic acids is 4. The third-order valence-corrected chi connectivity index (χ3v) is 12.5. The molecule has 3 unspecified atom stereocenters. The standard InChI is InChI=1S/2C17H24ClNO3.C17H22ClNO3.C4H8O.B.Na.H/c3*1-17(2,3)22-16(21)19-9-8-15(20)11-14(19)10-12-4-6-13(18)7-5-12;1-2-4-5-3-1;;;/h2*4-7,14-15,20H,8-11H2,1-3H3;4-7,14H,8-11H2,1-3H3;1-4H2;;;/q;;;;;+1;-1/t2*14?,15-;;;;;/m10...../s1. The number of aliphatic hydroxyl groups excluding tert-OH is 2.